The van der Waals surface area contributed by atoms with Crippen LogP contribution in [0.3, 0.4) is 0 Å². The summed E-state index contributed by atoms with van der Waals surface area (Å²) in [5, 5.41) is 9.88. The number of aromatic hydroxyl groups is 1. The van der Waals surface area contributed by atoms with E-state index >= 15 is 0 Å². The molecule has 1 aromatic rings. The van der Waals surface area contributed by atoms with E-state index in [1.807, 2.05) is 6.07 Å². The number of unbranched alkanes of at least 4 members (excludes halogenated alkanes) is 1. The Balaban J connectivity index is 2.39. The van der Waals surface area contributed by atoms with Gasteiger partial charge in [-0.3, -0.25) is 0 Å². The van der Waals surface area contributed by atoms with Crippen molar-refractivity contribution in [3.63, 3.8) is 0 Å². The van der Waals surface area contributed by atoms with Gasteiger partial charge in [-0.2, -0.15) is 0 Å². The lowest BCUT2D eigenvalue weighted by molar-refractivity contribution is 0.0596. The van der Waals surface area contributed by atoms with Crippen LogP contribution in [0.1, 0.15) is 75.2 Å². The summed E-state index contributed by atoms with van der Waals surface area (Å²) in [6.07, 6.45) is 8.15. The molecule has 1 N–H and O–H groups in total. The van der Waals surface area contributed by atoms with Crippen molar-refractivity contribution in [1.82, 2.24) is 0 Å². The average Bonchev–Trinajstić information content (AvgIpc) is 2.50. The number of methoxy groups -OCH3 is 1. The molecule has 0 unspecified atom stereocenters. The highest BCUT2D eigenvalue weighted by atomic mass is 16.5. The van der Waals surface area contributed by atoms with E-state index in [1.165, 1.54) is 38.9 Å². The van der Waals surface area contributed by atoms with Crippen LogP contribution < -0.4 is 0 Å². The number of rotatable bonds is 10. The third-order valence-electron chi connectivity index (χ3n) is 4.39. The van der Waals surface area contributed by atoms with Crippen LogP contribution in [0.15, 0.2) is 18.2 Å². The van der Waals surface area contributed by atoms with Crippen LogP contribution in [0.2, 0.25) is 0 Å². The van der Waals surface area contributed by atoms with Crippen LogP contribution in [-0.2, 0) is 11.2 Å². The number of carbonyl (C=O) groups excluding carboxylic acids is 1. The van der Waals surface area contributed by atoms with Gasteiger partial charge < -0.3 is 9.84 Å². The number of hydrogen-bond donors (Lipinski definition) is 1. The molecule has 23 heavy (non-hydrogen) atoms. The molecule has 0 heterocycles. The summed E-state index contributed by atoms with van der Waals surface area (Å²) >= 11 is 0. The molecule has 0 spiro atoms. The third-order valence-corrected chi connectivity index (χ3v) is 4.39. The van der Waals surface area contributed by atoms with Gasteiger partial charge >= 0.3 is 5.97 Å². The first-order valence-electron chi connectivity index (χ1n) is 8.84. The molecule has 0 aliphatic carbocycles. The van der Waals surface area contributed by atoms with E-state index in [4.69, 9.17) is 4.74 Å². The standard InChI is InChI=1S/C20H32O3/c1-15(2)9-7-11-16(3)10-5-6-12-17-13-8-14-18(21)19(17)20(22)23-4/h8,13-16,21H,5-7,9-12H2,1-4H3/t16-/m0/s1. The van der Waals surface area contributed by atoms with Crippen molar-refractivity contribution in [3.8, 4) is 5.75 Å². The van der Waals surface area contributed by atoms with Crippen molar-refractivity contribution in [2.75, 3.05) is 7.11 Å². The number of benzene rings is 1. The van der Waals surface area contributed by atoms with Crippen molar-refractivity contribution in [2.45, 2.75) is 65.7 Å². The van der Waals surface area contributed by atoms with Crippen molar-refractivity contribution < 1.29 is 14.6 Å². The van der Waals surface area contributed by atoms with Gasteiger partial charge in [0.25, 0.3) is 0 Å². The van der Waals surface area contributed by atoms with E-state index < -0.39 is 5.97 Å². The SMILES string of the molecule is COC(=O)c1c(O)cccc1CCCC[C@H](C)CCCC(C)C. The van der Waals surface area contributed by atoms with Gasteiger partial charge in [-0.05, 0) is 36.3 Å². The first-order chi connectivity index (χ1) is 11.0. The summed E-state index contributed by atoms with van der Waals surface area (Å²) in [6, 6.07) is 5.22. The number of carbonyl (C=O) groups is 1. The van der Waals surface area contributed by atoms with Crippen LogP contribution in [-0.4, -0.2) is 18.2 Å². The van der Waals surface area contributed by atoms with Crippen molar-refractivity contribution in [1.29, 1.82) is 0 Å². The number of phenolic OH excluding ortho intramolecular Hbond substituents is 1. The number of hydrogen-bond acceptors (Lipinski definition) is 3. The number of esters is 1. The number of phenols is 1. The molecule has 1 rings (SSSR count). The average molecular weight is 320 g/mol. The molecule has 0 fully saturated rings. The molecular formula is C20H32O3. The van der Waals surface area contributed by atoms with Gasteiger partial charge in [-0.15, -0.1) is 0 Å². The maximum Gasteiger partial charge on any atom is 0.341 e. The molecule has 130 valence electrons. The van der Waals surface area contributed by atoms with Gasteiger partial charge in [0.05, 0.1) is 7.11 Å². The Kier molecular flexibility index (Phi) is 8.75. The predicted molar refractivity (Wildman–Crippen MR) is 94.9 cm³/mol. The molecule has 0 amide bonds. The van der Waals surface area contributed by atoms with Gasteiger partial charge in [0.15, 0.2) is 0 Å². The molecule has 0 radical (unpaired) electrons. The highest BCUT2D eigenvalue weighted by Gasteiger charge is 2.16. The minimum absolute atomic E-state index is 0.0106. The molecular weight excluding hydrogens is 288 g/mol. The fraction of sp³-hybridized carbons (Fsp3) is 0.650. The Bertz CT molecular complexity index is 480. The zero-order chi connectivity index (χ0) is 17.2. The molecule has 1 atom stereocenters. The van der Waals surface area contributed by atoms with Gasteiger partial charge in [0.1, 0.15) is 11.3 Å². The molecule has 3 heteroatoms. The lowest BCUT2D eigenvalue weighted by Crippen LogP contribution is -2.06. The first kappa shape index (κ1) is 19.5. The first-order valence-corrected chi connectivity index (χ1v) is 8.84. The monoisotopic (exact) mass is 320 g/mol. The van der Waals surface area contributed by atoms with Crippen LogP contribution in [0, 0.1) is 11.8 Å². The summed E-state index contributed by atoms with van der Waals surface area (Å²) in [5.41, 5.74) is 1.20. The Labute approximate surface area is 141 Å². The van der Waals surface area contributed by atoms with E-state index in [9.17, 15) is 9.90 Å². The molecule has 0 aliphatic heterocycles. The van der Waals surface area contributed by atoms with Crippen LogP contribution >= 0.6 is 0 Å². The second kappa shape index (κ2) is 10.3. The minimum Gasteiger partial charge on any atom is -0.507 e. The fourth-order valence-corrected chi connectivity index (χ4v) is 2.96. The molecule has 0 saturated carbocycles. The van der Waals surface area contributed by atoms with Crippen molar-refractivity contribution in [2.24, 2.45) is 11.8 Å². The van der Waals surface area contributed by atoms with Crippen LogP contribution in [0.4, 0.5) is 0 Å². The maximum absolute atomic E-state index is 11.8. The van der Waals surface area contributed by atoms with E-state index in [0.29, 0.717) is 5.56 Å². The van der Waals surface area contributed by atoms with Gasteiger partial charge in [-0.25, -0.2) is 4.79 Å². The molecule has 0 aromatic heterocycles. The Morgan fingerprint density at radius 2 is 1.78 bits per heavy atom. The third kappa shape index (κ3) is 7.06. The lowest BCUT2D eigenvalue weighted by Gasteiger charge is -2.13. The second-order valence-corrected chi connectivity index (χ2v) is 6.98. The zero-order valence-corrected chi connectivity index (χ0v) is 15.1. The summed E-state index contributed by atoms with van der Waals surface area (Å²) < 4.78 is 4.77. The lowest BCUT2D eigenvalue weighted by atomic mass is 9.94. The molecule has 0 aliphatic rings. The molecule has 1 aromatic carbocycles. The normalized spacial score (nSPS) is 12.4. The minimum atomic E-state index is -0.458. The number of ether oxygens (including phenoxy) is 1. The number of aryl methyl sites for hydroxylation is 1. The van der Waals surface area contributed by atoms with Crippen molar-refractivity contribution >= 4 is 5.97 Å². The quantitative estimate of drug-likeness (QED) is 0.466. The largest absolute Gasteiger partial charge is 0.507 e. The van der Waals surface area contributed by atoms with Crippen molar-refractivity contribution in [3.05, 3.63) is 29.3 Å². The zero-order valence-electron chi connectivity index (χ0n) is 15.1. The van der Waals surface area contributed by atoms with Crippen LogP contribution in [0.25, 0.3) is 0 Å². The Morgan fingerprint density at radius 1 is 1.09 bits per heavy atom. The summed E-state index contributed by atoms with van der Waals surface area (Å²) in [5.74, 6) is 1.11. The Morgan fingerprint density at radius 3 is 2.43 bits per heavy atom. The molecule has 3 nitrogen and oxygen atoms in total. The van der Waals surface area contributed by atoms with Crippen LogP contribution in [0.5, 0.6) is 5.75 Å². The topological polar surface area (TPSA) is 46.5 Å². The molecule has 0 saturated heterocycles. The second-order valence-electron chi connectivity index (χ2n) is 6.98. The van der Waals surface area contributed by atoms with Gasteiger partial charge in [-0.1, -0.05) is 65.0 Å². The van der Waals surface area contributed by atoms with E-state index in [-0.39, 0.29) is 5.75 Å². The maximum atomic E-state index is 11.8. The van der Waals surface area contributed by atoms with E-state index in [2.05, 4.69) is 20.8 Å². The van der Waals surface area contributed by atoms with Gasteiger partial charge in [0, 0.05) is 0 Å². The highest BCUT2D eigenvalue weighted by molar-refractivity contribution is 5.94. The Hall–Kier alpha value is -1.51. The van der Waals surface area contributed by atoms with E-state index in [1.54, 1.807) is 6.07 Å². The summed E-state index contributed by atoms with van der Waals surface area (Å²) in [6.45, 7) is 6.88. The van der Waals surface area contributed by atoms with Gasteiger partial charge in [0.2, 0.25) is 0 Å². The fourth-order valence-electron chi connectivity index (χ4n) is 2.96. The smallest absolute Gasteiger partial charge is 0.341 e. The summed E-state index contributed by atoms with van der Waals surface area (Å²) in [4.78, 5) is 11.8. The molecule has 0 bridgehead atoms. The van der Waals surface area contributed by atoms with E-state index in [0.717, 1.165) is 36.7 Å². The summed E-state index contributed by atoms with van der Waals surface area (Å²) in [7, 11) is 1.34. The predicted octanol–water partition coefficient (Wildman–Crippen LogP) is 5.35. The highest BCUT2D eigenvalue weighted by Crippen LogP contribution is 2.24.